The molecule has 1 atom stereocenters. The SMILES string of the molecule is COc1ccc(N(C(=O)c2ccc(Cl)cc2Cl)c2nc(C(=O)N3CCCC3C)c(C)s2)cc1OC. The van der Waals surface area contributed by atoms with Gasteiger partial charge in [0.2, 0.25) is 0 Å². The number of amides is 2. The fraction of sp³-hybridized carbons (Fsp3) is 0.320. The number of methoxy groups -OCH3 is 2. The van der Waals surface area contributed by atoms with Gasteiger partial charge in [0.05, 0.1) is 30.5 Å². The molecule has 2 aromatic carbocycles. The van der Waals surface area contributed by atoms with Crippen molar-refractivity contribution in [1.82, 2.24) is 9.88 Å². The van der Waals surface area contributed by atoms with Crippen molar-refractivity contribution in [3.63, 3.8) is 0 Å². The average Bonchev–Trinajstić information content (AvgIpc) is 3.43. The molecule has 0 bridgehead atoms. The number of ether oxygens (including phenoxy) is 2. The lowest BCUT2D eigenvalue weighted by molar-refractivity contribution is 0.0741. The van der Waals surface area contributed by atoms with Gasteiger partial charge < -0.3 is 14.4 Å². The molecule has 1 aliphatic heterocycles. The van der Waals surface area contributed by atoms with Gasteiger partial charge in [0, 0.05) is 28.6 Å². The highest BCUT2D eigenvalue weighted by Crippen LogP contribution is 2.39. The molecule has 0 aliphatic carbocycles. The first kappa shape index (κ1) is 25.3. The number of aromatic nitrogens is 1. The third-order valence-electron chi connectivity index (χ3n) is 5.98. The summed E-state index contributed by atoms with van der Waals surface area (Å²) in [6, 6.07) is 9.95. The van der Waals surface area contributed by atoms with Gasteiger partial charge in [-0.15, -0.1) is 11.3 Å². The number of carbonyl (C=O) groups is 2. The summed E-state index contributed by atoms with van der Waals surface area (Å²) in [4.78, 5) is 35.7. The Kier molecular flexibility index (Phi) is 7.54. The lowest BCUT2D eigenvalue weighted by Gasteiger charge is -2.22. The van der Waals surface area contributed by atoms with Crippen molar-refractivity contribution in [3.05, 3.63) is 62.6 Å². The van der Waals surface area contributed by atoms with Crippen LogP contribution < -0.4 is 14.4 Å². The largest absolute Gasteiger partial charge is 0.493 e. The fourth-order valence-electron chi connectivity index (χ4n) is 4.11. The topological polar surface area (TPSA) is 72.0 Å². The van der Waals surface area contributed by atoms with Crippen LogP contribution in [0.5, 0.6) is 11.5 Å². The number of nitrogens with zero attached hydrogens (tertiary/aromatic N) is 3. The quantitative estimate of drug-likeness (QED) is 0.367. The van der Waals surface area contributed by atoms with Gasteiger partial charge in [-0.2, -0.15) is 0 Å². The van der Waals surface area contributed by atoms with Gasteiger partial charge in [0.25, 0.3) is 11.8 Å². The number of likely N-dealkylation sites (tertiary alicyclic amines) is 1. The number of halogens is 2. The van der Waals surface area contributed by atoms with Gasteiger partial charge >= 0.3 is 0 Å². The van der Waals surface area contributed by atoms with Gasteiger partial charge in [-0.1, -0.05) is 23.2 Å². The van der Waals surface area contributed by atoms with E-state index in [1.807, 2.05) is 18.7 Å². The van der Waals surface area contributed by atoms with Crippen molar-refractivity contribution < 1.29 is 19.1 Å². The number of rotatable bonds is 6. The van der Waals surface area contributed by atoms with E-state index in [2.05, 4.69) is 4.98 Å². The smallest absolute Gasteiger partial charge is 0.273 e. The van der Waals surface area contributed by atoms with Crippen LogP contribution in [-0.4, -0.2) is 48.5 Å². The van der Waals surface area contributed by atoms with Crippen LogP contribution >= 0.6 is 34.5 Å². The molecule has 0 N–H and O–H groups in total. The van der Waals surface area contributed by atoms with Crippen molar-refractivity contribution in [2.24, 2.45) is 0 Å². The van der Waals surface area contributed by atoms with Crippen molar-refractivity contribution in [1.29, 1.82) is 0 Å². The first-order valence-corrected chi connectivity index (χ1v) is 12.6. The van der Waals surface area contributed by atoms with Crippen molar-refractivity contribution in [2.45, 2.75) is 32.7 Å². The summed E-state index contributed by atoms with van der Waals surface area (Å²) in [6.45, 7) is 4.57. The van der Waals surface area contributed by atoms with Crippen LogP contribution in [0.4, 0.5) is 10.8 Å². The van der Waals surface area contributed by atoms with E-state index >= 15 is 0 Å². The maximum atomic E-state index is 13.8. The summed E-state index contributed by atoms with van der Waals surface area (Å²) in [7, 11) is 3.06. The van der Waals surface area contributed by atoms with Crippen LogP contribution in [0.25, 0.3) is 0 Å². The zero-order valence-corrected chi connectivity index (χ0v) is 22.1. The molecule has 0 saturated carbocycles. The molecule has 2 amide bonds. The minimum Gasteiger partial charge on any atom is -0.493 e. The molecule has 0 spiro atoms. The molecule has 1 saturated heterocycles. The maximum Gasteiger partial charge on any atom is 0.273 e. The summed E-state index contributed by atoms with van der Waals surface area (Å²) >= 11 is 13.7. The molecule has 4 rings (SSSR count). The third kappa shape index (κ3) is 4.96. The Balaban J connectivity index is 1.82. The molecule has 1 aromatic heterocycles. The molecule has 2 heterocycles. The number of thiazole rings is 1. The molecule has 0 radical (unpaired) electrons. The molecular formula is C25H25Cl2N3O4S. The van der Waals surface area contributed by atoms with Gasteiger partial charge in [-0.05, 0) is 57.0 Å². The van der Waals surface area contributed by atoms with E-state index in [1.54, 1.807) is 30.3 Å². The molecule has 35 heavy (non-hydrogen) atoms. The molecular weight excluding hydrogens is 509 g/mol. The van der Waals surface area contributed by atoms with E-state index in [1.165, 1.54) is 36.5 Å². The summed E-state index contributed by atoms with van der Waals surface area (Å²) in [6.07, 6.45) is 1.93. The number of hydrogen-bond acceptors (Lipinski definition) is 6. The Bertz CT molecular complexity index is 1280. The first-order valence-electron chi connectivity index (χ1n) is 11.0. The molecule has 184 valence electrons. The van der Waals surface area contributed by atoms with Crippen LogP contribution in [0.2, 0.25) is 10.0 Å². The summed E-state index contributed by atoms with van der Waals surface area (Å²) in [5, 5.41) is 0.978. The number of benzene rings is 2. The number of anilines is 2. The molecule has 7 nitrogen and oxygen atoms in total. The normalized spacial score (nSPS) is 15.3. The van der Waals surface area contributed by atoms with Gasteiger partial charge in [-0.3, -0.25) is 14.5 Å². The van der Waals surface area contributed by atoms with Crippen LogP contribution in [0, 0.1) is 6.92 Å². The molecule has 3 aromatic rings. The fourth-order valence-corrected chi connectivity index (χ4v) is 5.52. The van der Waals surface area contributed by atoms with E-state index < -0.39 is 5.91 Å². The minimum atomic E-state index is -0.416. The summed E-state index contributed by atoms with van der Waals surface area (Å²) in [5.41, 5.74) is 1.08. The number of hydrogen-bond donors (Lipinski definition) is 0. The van der Waals surface area contributed by atoms with Crippen molar-refractivity contribution in [2.75, 3.05) is 25.7 Å². The Morgan fingerprint density at radius 2 is 1.86 bits per heavy atom. The van der Waals surface area contributed by atoms with E-state index in [9.17, 15) is 9.59 Å². The minimum absolute atomic E-state index is 0.126. The zero-order valence-electron chi connectivity index (χ0n) is 19.8. The average molecular weight is 534 g/mol. The van der Waals surface area contributed by atoms with E-state index in [4.69, 9.17) is 32.7 Å². The molecule has 1 aliphatic rings. The summed E-state index contributed by atoms with van der Waals surface area (Å²) in [5.74, 6) is 0.420. The lowest BCUT2D eigenvalue weighted by Crippen LogP contribution is -2.34. The van der Waals surface area contributed by atoms with Gasteiger partial charge in [0.15, 0.2) is 16.6 Å². The molecule has 10 heteroatoms. The highest BCUT2D eigenvalue weighted by molar-refractivity contribution is 7.16. The van der Waals surface area contributed by atoms with Crippen molar-refractivity contribution in [3.8, 4) is 11.5 Å². The first-order chi connectivity index (χ1) is 16.7. The second-order valence-corrected chi connectivity index (χ2v) is 10.2. The van der Waals surface area contributed by atoms with E-state index in [-0.39, 0.29) is 22.5 Å². The number of aryl methyl sites for hydroxylation is 1. The lowest BCUT2D eigenvalue weighted by atomic mass is 10.1. The highest BCUT2D eigenvalue weighted by Gasteiger charge is 2.32. The highest BCUT2D eigenvalue weighted by atomic mass is 35.5. The van der Waals surface area contributed by atoms with Crippen LogP contribution in [-0.2, 0) is 0 Å². The Morgan fingerprint density at radius 3 is 2.49 bits per heavy atom. The predicted molar refractivity (Wildman–Crippen MR) is 139 cm³/mol. The second-order valence-electron chi connectivity index (χ2n) is 8.20. The zero-order chi connectivity index (χ0) is 25.3. The maximum absolute atomic E-state index is 13.8. The van der Waals surface area contributed by atoms with Gasteiger partial charge in [0.1, 0.15) is 5.69 Å². The monoisotopic (exact) mass is 533 g/mol. The predicted octanol–water partition coefficient (Wildman–Crippen LogP) is 6.38. The van der Waals surface area contributed by atoms with Crippen molar-refractivity contribution >= 4 is 57.2 Å². The third-order valence-corrected chi connectivity index (χ3v) is 7.49. The van der Waals surface area contributed by atoms with Crippen LogP contribution in [0.1, 0.15) is 45.5 Å². The van der Waals surface area contributed by atoms with E-state index in [0.717, 1.165) is 17.7 Å². The van der Waals surface area contributed by atoms with Crippen LogP contribution in [0.15, 0.2) is 36.4 Å². The van der Waals surface area contributed by atoms with E-state index in [0.29, 0.717) is 39.6 Å². The number of carbonyl (C=O) groups excluding carboxylic acids is 2. The van der Waals surface area contributed by atoms with Crippen LogP contribution in [0.3, 0.4) is 0 Å². The second kappa shape index (κ2) is 10.4. The Labute approximate surface area is 218 Å². The molecule has 1 fully saturated rings. The Morgan fingerprint density at radius 1 is 1.11 bits per heavy atom. The summed E-state index contributed by atoms with van der Waals surface area (Å²) < 4.78 is 10.8. The Hall–Kier alpha value is -2.81. The molecule has 1 unspecified atom stereocenters. The standard InChI is InChI=1S/C25H25Cl2N3O4S/c1-14-6-5-11-29(14)24(32)22-15(2)35-25(28-22)30(17-8-10-20(33-3)21(13-17)34-4)23(31)18-9-7-16(26)12-19(18)27/h7-10,12-14H,5-6,11H2,1-4H3. The van der Waals surface area contributed by atoms with Gasteiger partial charge in [-0.25, -0.2) is 4.98 Å².